The van der Waals surface area contributed by atoms with Gasteiger partial charge in [-0.05, 0) is 50.1 Å². The molecule has 0 aliphatic rings. The molecule has 0 unspecified atom stereocenters. The van der Waals surface area contributed by atoms with Crippen molar-refractivity contribution in [1.29, 1.82) is 0 Å². The second kappa shape index (κ2) is 6.72. The van der Waals surface area contributed by atoms with Crippen LogP contribution in [0, 0.1) is 20.8 Å². The first-order valence-electron chi connectivity index (χ1n) is 8.78. The molecule has 136 valence electrons. The molecule has 6 heteroatoms. The summed E-state index contributed by atoms with van der Waals surface area (Å²) in [4.78, 5) is 12.2. The molecule has 2 heterocycles. The summed E-state index contributed by atoms with van der Waals surface area (Å²) in [5, 5.41) is 8.48. The minimum atomic E-state index is -0.462. The van der Waals surface area contributed by atoms with E-state index >= 15 is 0 Å². The molecule has 0 radical (unpaired) electrons. The Morgan fingerprint density at radius 1 is 1.00 bits per heavy atom. The van der Waals surface area contributed by atoms with Gasteiger partial charge in [-0.25, -0.2) is 9.48 Å². The molecular weight excluding hydrogens is 340 g/mol. The maximum atomic E-state index is 12.2. The first-order valence-corrected chi connectivity index (χ1v) is 8.78. The summed E-state index contributed by atoms with van der Waals surface area (Å²) in [5.74, 6) is 0.0802. The highest BCUT2D eigenvalue weighted by Gasteiger charge is 2.15. The van der Waals surface area contributed by atoms with Crippen LogP contribution < -0.4 is 5.76 Å². The minimum Gasteiger partial charge on any atom is -0.295 e. The lowest BCUT2D eigenvalue weighted by Crippen LogP contribution is -2.16. The van der Waals surface area contributed by atoms with Crippen LogP contribution in [0.1, 0.15) is 22.5 Å². The predicted octanol–water partition coefficient (Wildman–Crippen LogP) is 3.66. The molecule has 0 fully saturated rings. The van der Waals surface area contributed by atoms with Gasteiger partial charge in [0.05, 0.1) is 17.9 Å². The normalized spacial score (nSPS) is 11.1. The Hall–Kier alpha value is -3.41. The molecule has 0 aliphatic carbocycles. The Bertz CT molecular complexity index is 1150. The zero-order valence-corrected chi connectivity index (χ0v) is 15.5. The van der Waals surface area contributed by atoms with Crippen LogP contribution in [0.4, 0.5) is 0 Å². The molecule has 0 bridgehead atoms. The summed E-state index contributed by atoms with van der Waals surface area (Å²) in [6.07, 6.45) is 0. The van der Waals surface area contributed by atoms with E-state index in [1.165, 1.54) is 0 Å². The van der Waals surface area contributed by atoms with Crippen molar-refractivity contribution in [2.75, 3.05) is 0 Å². The van der Waals surface area contributed by atoms with Crippen molar-refractivity contribution < 1.29 is 4.52 Å². The molecular formula is C21H20N4O2. The Morgan fingerprint density at radius 2 is 1.74 bits per heavy atom. The Labute approximate surface area is 156 Å². The Morgan fingerprint density at radius 3 is 2.41 bits per heavy atom. The fourth-order valence-electron chi connectivity index (χ4n) is 3.24. The number of hydrogen-bond donors (Lipinski definition) is 0. The predicted molar refractivity (Wildman–Crippen MR) is 103 cm³/mol. The van der Waals surface area contributed by atoms with Gasteiger partial charge in [-0.15, -0.1) is 0 Å². The Balaban J connectivity index is 1.66. The van der Waals surface area contributed by atoms with Gasteiger partial charge in [-0.1, -0.05) is 41.6 Å². The molecule has 4 aromatic rings. The van der Waals surface area contributed by atoms with Crippen LogP contribution in [0.15, 0.2) is 63.9 Å². The molecule has 6 nitrogen and oxygen atoms in total. The van der Waals surface area contributed by atoms with E-state index in [-0.39, 0.29) is 0 Å². The standard InChI is InChI=1S/C21H20N4O2/c1-14-6-4-5-7-19(14)20-23-27-21(26)24(20)13-17-8-10-18(11-9-17)25-16(3)12-15(2)22-25/h4-12H,13H2,1-3H3. The van der Waals surface area contributed by atoms with Gasteiger partial charge >= 0.3 is 5.76 Å². The van der Waals surface area contributed by atoms with E-state index in [2.05, 4.69) is 10.3 Å². The molecule has 0 atom stereocenters. The van der Waals surface area contributed by atoms with Gasteiger partial charge in [0.2, 0.25) is 0 Å². The smallest absolute Gasteiger partial charge is 0.295 e. The van der Waals surface area contributed by atoms with Crippen molar-refractivity contribution >= 4 is 0 Å². The van der Waals surface area contributed by atoms with Crippen LogP contribution in [0.3, 0.4) is 0 Å². The SMILES string of the molecule is Cc1cc(C)n(-c2ccc(Cn3c(-c4ccccc4C)noc3=O)cc2)n1. The molecule has 4 rings (SSSR count). The van der Waals surface area contributed by atoms with Crippen molar-refractivity contribution in [3.8, 4) is 17.1 Å². The largest absolute Gasteiger partial charge is 0.442 e. The van der Waals surface area contributed by atoms with E-state index < -0.39 is 5.76 Å². The van der Waals surface area contributed by atoms with Gasteiger partial charge in [-0.2, -0.15) is 5.10 Å². The minimum absolute atomic E-state index is 0.392. The zero-order chi connectivity index (χ0) is 19.0. The average Bonchev–Trinajstić information content (AvgIpc) is 3.18. The van der Waals surface area contributed by atoms with E-state index in [1.807, 2.05) is 80.1 Å². The summed E-state index contributed by atoms with van der Waals surface area (Å²) >= 11 is 0. The molecule has 2 aromatic heterocycles. The summed E-state index contributed by atoms with van der Waals surface area (Å²) in [7, 11) is 0. The number of aryl methyl sites for hydroxylation is 3. The summed E-state index contributed by atoms with van der Waals surface area (Å²) < 4.78 is 8.39. The number of rotatable bonds is 4. The van der Waals surface area contributed by atoms with Gasteiger partial charge in [0.25, 0.3) is 0 Å². The monoisotopic (exact) mass is 360 g/mol. The number of benzene rings is 2. The number of nitrogens with zero attached hydrogens (tertiary/aromatic N) is 4. The third-order valence-corrected chi connectivity index (χ3v) is 4.60. The highest BCUT2D eigenvalue weighted by atomic mass is 16.5. The summed E-state index contributed by atoms with van der Waals surface area (Å²) in [5.41, 5.74) is 5.97. The second-order valence-corrected chi connectivity index (χ2v) is 6.68. The van der Waals surface area contributed by atoms with Gasteiger partial charge < -0.3 is 0 Å². The summed E-state index contributed by atoms with van der Waals surface area (Å²) in [6, 6.07) is 17.8. The van der Waals surface area contributed by atoms with E-state index in [0.717, 1.165) is 33.8 Å². The van der Waals surface area contributed by atoms with E-state index in [9.17, 15) is 4.79 Å². The van der Waals surface area contributed by atoms with E-state index in [1.54, 1.807) is 4.57 Å². The van der Waals surface area contributed by atoms with Crippen LogP contribution >= 0.6 is 0 Å². The van der Waals surface area contributed by atoms with E-state index in [4.69, 9.17) is 4.52 Å². The number of hydrogen-bond acceptors (Lipinski definition) is 4. The lowest BCUT2D eigenvalue weighted by molar-refractivity contribution is 0.378. The van der Waals surface area contributed by atoms with Crippen LogP contribution in [0.25, 0.3) is 17.1 Å². The highest BCUT2D eigenvalue weighted by Crippen LogP contribution is 2.21. The van der Waals surface area contributed by atoms with Crippen molar-refractivity contribution in [1.82, 2.24) is 19.5 Å². The molecule has 0 amide bonds. The van der Waals surface area contributed by atoms with Crippen molar-refractivity contribution in [3.05, 3.63) is 87.7 Å². The second-order valence-electron chi connectivity index (χ2n) is 6.68. The molecule has 0 aliphatic heterocycles. The molecule has 0 N–H and O–H groups in total. The van der Waals surface area contributed by atoms with Crippen LogP contribution in [0.2, 0.25) is 0 Å². The molecule has 0 saturated carbocycles. The summed E-state index contributed by atoms with van der Waals surface area (Å²) in [6.45, 7) is 6.38. The highest BCUT2D eigenvalue weighted by molar-refractivity contribution is 5.59. The first-order chi connectivity index (χ1) is 13.0. The van der Waals surface area contributed by atoms with Crippen molar-refractivity contribution in [2.45, 2.75) is 27.3 Å². The molecule has 27 heavy (non-hydrogen) atoms. The van der Waals surface area contributed by atoms with E-state index in [0.29, 0.717) is 12.4 Å². The first kappa shape index (κ1) is 17.0. The zero-order valence-electron chi connectivity index (χ0n) is 15.5. The van der Waals surface area contributed by atoms with Crippen molar-refractivity contribution in [3.63, 3.8) is 0 Å². The lowest BCUT2D eigenvalue weighted by atomic mass is 10.1. The third-order valence-electron chi connectivity index (χ3n) is 4.60. The molecule has 0 saturated heterocycles. The van der Waals surface area contributed by atoms with Crippen molar-refractivity contribution in [2.24, 2.45) is 0 Å². The fourth-order valence-corrected chi connectivity index (χ4v) is 3.24. The lowest BCUT2D eigenvalue weighted by Gasteiger charge is -2.09. The van der Waals surface area contributed by atoms with Gasteiger partial charge in [-0.3, -0.25) is 9.09 Å². The fraction of sp³-hybridized carbons (Fsp3) is 0.190. The van der Waals surface area contributed by atoms with Crippen LogP contribution in [-0.2, 0) is 6.54 Å². The van der Waals surface area contributed by atoms with Gasteiger partial charge in [0.1, 0.15) is 0 Å². The molecule has 0 spiro atoms. The van der Waals surface area contributed by atoms with Crippen LogP contribution in [0.5, 0.6) is 0 Å². The third kappa shape index (κ3) is 3.21. The van der Waals surface area contributed by atoms with Gasteiger partial charge in [0, 0.05) is 11.3 Å². The quantitative estimate of drug-likeness (QED) is 0.557. The van der Waals surface area contributed by atoms with Crippen LogP contribution in [-0.4, -0.2) is 19.5 Å². The topological polar surface area (TPSA) is 65.8 Å². The molecule has 2 aromatic carbocycles. The Kier molecular flexibility index (Phi) is 4.24. The van der Waals surface area contributed by atoms with Gasteiger partial charge in [0.15, 0.2) is 5.82 Å². The number of aromatic nitrogens is 4. The average molecular weight is 360 g/mol. The maximum Gasteiger partial charge on any atom is 0.442 e. The maximum absolute atomic E-state index is 12.2.